The molecule has 0 amide bonds. The van der Waals surface area contributed by atoms with Gasteiger partial charge in [0.1, 0.15) is 22.6 Å². The van der Waals surface area contributed by atoms with Crippen LogP contribution in [0.3, 0.4) is 0 Å². The molecule has 1 fully saturated rings. The van der Waals surface area contributed by atoms with Gasteiger partial charge in [0, 0.05) is 18.2 Å². The van der Waals surface area contributed by atoms with Crippen LogP contribution in [0.15, 0.2) is 18.2 Å². The fourth-order valence-corrected chi connectivity index (χ4v) is 3.28. The summed E-state index contributed by atoms with van der Waals surface area (Å²) in [6.07, 6.45) is 1.87. The summed E-state index contributed by atoms with van der Waals surface area (Å²) < 4.78 is 7.30. The largest absolute Gasteiger partial charge is 0.508 e. The first-order valence-corrected chi connectivity index (χ1v) is 7.39. The van der Waals surface area contributed by atoms with Gasteiger partial charge in [-0.25, -0.2) is 0 Å². The monoisotopic (exact) mass is 304 g/mol. The Hall–Kier alpha value is -2.19. The fraction of sp³-hybridized carbons (Fsp3) is 0.308. The van der Waals surface area contributed by atoms with E-state index in [1.807, 2.05) is 0 Å². The van der Waals surface area contributed by atoms with Crippen molar-refractivity contribution in [3.63, 3.8) is 0 Å². The summed E-state index contributed by atoms with van der Waals surface area (Å²) >= 11 is 1.35. The summed E-state index contributed by atoms with van der Waals surface area (Å²) in [6, 6.07) is 4.38. The van der Waals surface area contributed by atoms with E-state index in [9.17, 15) is 10.2 Å². The van der Waals surface area contributed by atoms with Gasteiger partial charge in [-0.15, -0.1) is 10.2 Å². The molecule has 1 aliphatic rings. The molecule has 1 aromatic carbocycles. The van der Waals surface area contributed by atoms with E-state index in [0.717, 1.165) is 19.4 Å². The number of ether oxygens (including phenoxy) is 1. The van der Waals surface area contributed by atoms with E-state index in [1.165, 1.54) is 17.4 Å². The molecule has 21 heavy (non-hydrogen) atoms. The van der Waals surface area contributed by atoms with Gasteiger partial charge in [0.15, 0.2) is 5.82 Å². The van der Waals surface area contributed by atoms with E-state index < -0.39 is 0 Å². The maximum Gasteiger partial charge on any atom is 0.235 e. The molecule has 108 valence electrons. The van der Waals surface area contributed by atoms with Crippen LogP contribution >= 0.6 is 11.3 Å². The number of nitrogens with zero attached hydrogens (tertiary/aromatic N) is 4. The number of fused-ring (bicyclic) bond motifs is 1. The molecule has 0 radical (unpaired) electrons. The second-order valence-corrected chi connectivity index (χ2v) is 5.86. The van der Waals surface area contributed by atoms with Gasteiger partial charge in [-0.2, -0.15) is 9.61 Å². The highest BCUT2D eigenvalue weighted by atomic mass is 32.1. The number of phenolic OH excluding ortho intramolecular Hbond substituents is 2. The van der Waals surface area contributed by atoms with Gasteiger partial charge in [0.05, 0.1) is 0 Å². The average Bonchev–Trinajstić information content (AvgIpc) is 3.13. The Bertz CT molecular complexity index is 787. The van der Waals surface area contributed by atoms with Crippen LogP contribution in [0.25, 0.3) is 15.5 Å². The van der Waals surface area contributed by atoms with E-state index in [-0.39, 0.29) is 17.6 Å². The van der Waals surface area contributed by atoms with Crippen LogP contribution in [0, 0.1) is 0 Å². The summed E-state index contributed by atoms with van der Waals surface area (Å²) in [7, 11) is 0. The number of benzene rings is 1. The van der Waals surface area contributed by atoms with Crippen LogP contribution in [0.5, 0.6) is 11.5 Å². The third kappa shape index (κ3) is 2.12. The Balaban J connectivity index is 1.80. The van der Waals surface area contributed by atoms with Crippen molar-refractivity contribution in [2.45, 2.75) is 18.9 Å². The van der Waals surface area contributed by atoms with E-state index >= 15 is 0 Å². The molecule has 1 unspecified atom stereocenters. The minimum Gasteiger partial charge on any atom is -0.508 e. The van der Waals surface area contributed by atoms with Crippen LogP contribution < -0.4 is 0 Å². The molecule has 0 spiro atoms. The van der Waals surface area contributed by atoms with Gasteiger partial charge < -0.3 is 14.9 Å². The lowest BCUT2D eigenvalue weighted by atomic mass is 10.2. The summed E-state index contributed by atoms with van der Waals surface area (Å²) in [4.78, 5) is 0.665. The van der Waals surface area contributed by atoms with Crippen LogP contribution in [-0.4, -0.2) is 36.6 Å². The molecule has 0 saturated carbocycles. The second kappa shape index (κ2) is 4.68. The summed E-state index contributed by atoms with van der Waals surface area (Å²) in [6.45, 7) is 0.733. The predicted molar refractivity (Wildman–Crippen MR) is 75.4 cm³/mol. The van der Waals surface area contributed by atoms with E-state index in [2.05, 4.69) is 15.3 Å². The summed E-state index contributed by atoms with van der Waals surface area (Å²) in [5.41, 5.74) is 0.640. The molecule has 7 nitrogen and oxygen atoms in total. The number of aromatic hydroxyl groups is 2. The smallest absolute Gasteiger partial charge is 0.235 e. The highest BCUT2D eigenvalue weighted by molar-refractivity contribution is 7.19. The van der Waals surface area contributed by atoms with Gasteiger partial charge in [0.25, 0.3) is 0 Å². The minimum atomic E-state index is -0.0625. The SMILES string of the molecule is Oc1cc(O)cc(-c2nn3c(C4CCCO4)nnc3s2)c1. The fourth-order valence-electron chi connectivity index (χ4n) is 2.45. The standard InChI is InChI=1S/C13H12N4O3S/c18-8-4-7(5-9(19)6-8)12-16-17-11(10-2-1-3-20-10)14-15-13(17)21-12/h4-6,10,18-19H,1-3H2. The first-order valence-electron chi connectivity index (χ1n) is 6.58. The number of phenols is 2. The maximum atomic E-state index is 9.57. The molecule has 0 bridgehead atoms. The molecule has 2 N–H and O–H groups in total. The Labute approximate surface area is 123 Å². The highest BCUT2D eigenvalue weighted by Gasteiger charge is 2.25. The van der Waals surface area contributed by atoms with E-state index in [1.54, 1.807) is 16.6 Å². The van der Waals surface area contributed by atoms with Crippen molar-refractivity contribution in [2.24, 2.45) is 0 Å². The minimum absolute atomic E-state index is 0.00434. The normalized spacial score (nSPS) is 18.6. The summed E-state index contributed by atoms with van der Waals surface area (Å²) in [5, 5.41) is 32.5. The van der Waals surface area contributed by atoms with Gasteiger partial charge >= 0.3 is 0 Å². The molecular formula is C13H12N4O3S. The lowest BCUT2D eigenvalue weighted by Gasteiger charge is -2.04. The van der Waals surface area contributed by atoms with E-state index in [0.29, 0.717) is 21.4 Å². The Morgan fingerprint density at radius 1 is 1.19 bits per heavy atom. The van der Waals surface area contributed by atoms with Crippen molar-refractivity contribution >= 4 is 16.3 Å². The third-order valence-electron chi connectivity index (χ3n) is 3.38. The van der Waals surface area contributed by atoms with Gasteiger partial charge in [-0.05, 0) is 25.0 Å². The molecular weight excluding hydrogens is 292 g/mol. The molecule has 4 rings (SSSR count). The second-order valence-electron chi connectivity index (χ2n) is 4.90. The first kappa shape index (κ1) is 12.5. The molecule has 8 heteroatoms. The lowest BCUT2D eigenvalue weighted by Crippen LogP contribution is -2.03. The Kier molecular flexibility index (Phi) is 2.79. The van der Waals surface area contributed by atoms with E-state index in [4.69, 9.17) is 4.74 Å². The molecule has 1 saturated heterocycles. The van der Waals surface area contributed by atoms with Gasteiger partial charge in [-0.3, -0.25) is 0 Å². The topological polar surface area (TPSA) is 92.8 Å². The van der Waals surface area contributed by atoms with Crippen molar-refractivity contribution in [1.82, 2.24) is 19.8 Å². The van der Waals surface area contributed by atoms with Crippen LogP contribution in [0.4, 0.5) is 0 Å². The zero-order chi connectivity index (χ0) is 14.4. The van der Waals surface area contributed by atoms with Crippen molar-refractivity contribution < 1.29 is 14.9 Å². The molecule has 0 aliphatic carbocycles. The number of hydrogen-bond acceptors (Lipinski definition) is 7. The van der Waals surface area contributed by atoms with Crippen molar-refractivity contribution in [3.8, 4) is 22.1 Å². The number of hydrogen-bond donors (Lipinski definition) is 2. The maximum absolute atomic E-state index is 9.57. The van der Waals surface area contributed by atoms with Crippen LogP contribution in [-0.2, 0) is 4.74 Å². The quantitative estimate of drug-likeness (QED) is 0.753. The predicted octanol–water partition coefficient (Wildman–Crippen LogP) is 2.12. The van der Waals surface area contributed by atoms with Crippen molar-refractivity contribution in [2.75, 3.05) is 6.61 Å². The molecule has 1 atom stereocenters. The Morgan fingerprint density at radius 3 is 2.71 bits per heavy atom. The molecule has 3 heterocycles. The Morgan fingerprint density at radius 2 is 2.00 bits per heavy atom. The van der Waals surface area contributed by atoms with Crippen LogP contribution in [0.1, 0.15) is 24.8 Å². The molecule has 2 aromatic heterocycles. The van der Waals surface area contributed by atoms with Crippen molar-refractivity contribution in [1.29, 1.82) is 0 Å². The average molecular weight is 304 g/mol. The van der Waals surface area contributed by atoms with Crippen LogP contribution in [0.2, 0.25) is 0 Å². The lowest BCUT2D eigenvalue weighted by molar-refractivity contribution is 0.103. The first-order chi connectivity index (χ1) is 10.2. The number of rotatable bonds is 2. The zero-order valence-corrected chi connectivity index (χ0v) is 11.7. The molecule has 3 aromatic rings. The third-order valence-corrected chi connectivity index (χ3v) is 4.33. The highest BCUT2D eigenvalue weighted by Crippen LogP contribution is 2.33. The van der Waals surface area contributed by atoms with Crippen molar-refractivity contribution in [3.05, 3.63) is 24.0 Å². The zero-order valence-electron chi connectivity index (χ0n) is 10.9. The van der Waals surface area contributed by atoms with Gasteiger partial charge in [0.2, 0.25) is 4.96 Å². The molecule has 1 aliphatic heterocycles. The van der Waals surface area contributed by atoms with Gasteiger partial charge in [-0.1, -0.05) is 11.3 Å². The summed E-state index contributed by atoms with van der Waals surface area (Å²) in [5.74, 6) is 0.694. The number of aromatic nitrogens is 4.